The zero-order valence-corrected chi connectivity index (χ0v) is 10.9. The molecule has 0 unspecified atom stereocenters. The molecule has 1 fully saturated rings. The minimum atomic E-state index is -0.363. The highest BCUT2D eigenvalue weighted by Gasteiger charge is 2.27. The summed E-state index contributed by atoms with van der Waals surface area (Å²) in [7, 11) is 0. The second-order valence-electron chi connectivity index (χ2n) is 4.04. The molecule has 1 aliphatic rings. The maximum atomic E-state index is 13.5. The van der Waals surface area contributed by atoms with Crippen LogP contribution in [0, 0.1) is 11.7 Å². The van der Waals surface area contributed by atoms with E-state index in [0.717, 1.165) is 6.42 Å². The van der Waals surface area contributed by atoms with Gasteiger partial charge in [-0.3, -0.25) is 0 Å². The lowest BCUT2D eigenvalue weighted by atomic mass is 10.0. The molecule has 1 aromatic rings. The number of rotatable bonds is 3. The van der Waals surface area contributed by atoms with Crippen LogP contribution in [0.2, 0.25) is 10.0 Å². The molecule has 2 rings (SSSR count). The molecule has 2 N–H and O–H groups in total. The number of hydrogen-bond donors (Lipinski definition) is 1. The molecule has 0 heterocycles. The summed E-state index contributed by atoms with van der Waals surface area (Å²) in [5, 5.41) is 0.615. The smallest absolute Gasteiger partial charge is 0.129 e. The van der Waals surface area contributed by atoms with Crippen molar-refractivity contribution in [2.24, 2.45) is 11.7 Å². The summed E-state index contributed by atoms with van der Waals surface area (Å²) in [6.45, 7) is 0. The van der Waals surface area contributed by atoms with E-state index < -0.39 is 0 Å². The Labute approximate surface area is 111 Å². The van der Waals surface area contributed by atoms with Crippen molar-refractivity contribution in [3.05, 3.63) is 33.6 Å². The van der Waals surface area contributed by atoms with Crippen LogP contribution in [0.15, 0.2) is 12.1 Å². The maximum absolute atomic E-state index is 13.5. The Kier molecular flexibility index (Phi) is 4.87. The van der Waals surface area contributed by atoms with Gasteiger partial charge in [-0.1, -0.05) is 36.0 Å². The van der Waals surface area contributed by atoms with Gasteiger partial charge in [-0.2, -0.15) is 0 Å². The minimum Gasteiger partial charge on any atom is -0.324 e. The van der Waals surface area contributed by atoms with Crippen LogP contribution < -0.4 is 5.73 Å². The summed E-state index contributed by atoms with van der Waals surface area (Å²) >= 11 is 11.8. The second kappa shape index (κ2) is 5.54. The van der Waals surface area contributed by atoms with Gasteiger partial charge in [0.05, 0.1) is 10.0 Å². The Balaban J connectivity index is 0.00000128. The van der Waals surface area contributed by atoms with Gasteiger partial charge < -0.3 is 5.73 Å². The van der Waals surface area contributed by atoms with Crippen molar-refractivity contribution >= 4 is 35.6 Å². The van der Waals surface area contributed by atoms with E-state index in [1.54, 1.807) is 0 Å². The molecule has 1 aliphatic carbocycles. The number of benzene rings is 1. The van der Waals surface area contributed by atoms with Crippen LogP contribution in [0.1, 0.15) is 30.9 Å². The molecule has 16 heavy (non-hydrogen) atoms. The van der Waals surface area contributed by atoms with Crippen LogP contribution in [-0.4, -0.2) is 0 Å². The Bertz CT molecular complexity index is 380. The Morgan fingerprint density at radius 2 is 2.00 bits per heavy atom. The average Bonchev–Trinajstić information content (AvgIpc) is 2.96. The Morgan fingerprint density at radius 3 is 2.56 bits per heavy atom. The van der Waals surface area contributed by atoms with Gasteiger partial charge in [0.1, 0.15) is 5.82 Å². The zero-order valence-electron chi connectivity index (χ0n) is 8.55. The highest BCUT2D eigenvalue weighted by Crippen LogP contribution is 2.40. The molecule has 90 valence electrons. The first-order chi connectivity index (χ1) is 7.09. The predicted octanol–water partition coefficient (Wildman–Crippen LogP) is 4.35. The number of hydrogen-bond acceptors (Lipinski definition) is 1. The lowest BCUT2D eigenvalue weighted by Gasteiger charge is -2.14. The first-order valence-electron chi connectivity index (χ1n) is 4.98. The summed E-state index contributed by atoms with van der Waals surface area (Å²) in [4.78, 5) is 0. The molecule has 0 amide bonds. The van der Waals surface area contributed by atoms with E-state index in [0.29, 0.717) is 16.5 Å². The maximum Gasteiger partial charge on any atom is 0.129 e. The van der Waals surface area contributed by atoms with Crippen molar-refractivity contribution in [3.8, 4) is 0 Å². The average molecular weight is 285 g/mol. The number of halogens is 4. The van der Waals surface area contributed by atoms with Crippen LogP contribution in [0.4, 0.5) is 4.39 Å². The molecule has 0 aliphatic heterocycles. The van der Waals surface area contributed by atoms with E-state index in [4.69, 9.17) is 28.9 Å². The highest BCUT2D eigenvalue weighted by molar-refractivity contribution is 6.42. The SMILES string of the molecule is Cl.N[C@H](CC1CC1)c1c(F)ccc(Cl)c1Cl. The third kappa shape index (κ3) is 3.01. The van der Waals surface area contributed by atoms with Crippen molar-refractivity contribution in [2.75, 3.05) is 0 Å². The molecule has 1 saturated carbocycles. The fourth-order valence-corrected chi connectivity index (χ4v) is 2.17. The first kappa shape index (κ1) is 14.0. The van der Waals surface area contributed by atoms with Crippen molar-refractivity contribution in [1.82, 2.24) is 0 Å². The molecular weight excluding hydrogens is 271 g/mol. The lowest BCUT2D eigenvalue weighted by molar-refractivity contribution is 0.543. The van der Waals surface area contributed by atoms with Crippen LogP contribution in [0.3, 0.4) is 0 Å². The van der Waals surface area contributed by atoms with Gasteiger partial charge in [0.25, 0.3) is 0 Å². The Morgan fingerprint density at radius 1 is 1.38 bits per heavy atom. The summed E-state index contributed by atoms with van der Waals surface area (Å²) in [5.41, 5.74) is 6.28. The third-order valence-electron chi connectivity index (χ3n) is 2.73. The zero-order chi connectivity index (χ0) is 11.0. The molecular formula is C11H13Cl3FN. The van der Waals surface area contributed by atoms with E-state index in [1.165, 1.54) is 25.0 Å². The molecule has 5 heteroatoms. The van der Waals surface area contributed by atoms with Gasteiger partial charge in [-0.05, 0) is 24.5 Å². The predicted molar refractivity (Wildman–Crippen MR) is 67.9 cm³/mol. The molecule has 0 radical (unpaired) electrons. The van der Waals surface area contributed by atoms with Crippen molar-refractivity contribution in [2.45, 2.75) is 25.3 Å². The first-order valence-corrected chi connectivity index (χ1v) is 5.74. The quantitative estimate of drug-likeness (QED) is 0.820. The minimum absolute atomic E-state index is 0. The summed E-state index contributed by atoms with van der Waals surface area (Å²) in [6.07, 6.45) is 3.16. The second-order valence-corrected chi connectivity index (χ2v) is 4.83. The molecule has 1 aromatic carbocycles. The van der Waals surface area contributed by atoms with Gasteiger partial charge in [0, 0.05) is 11.6 Å². The normalized spacial score (nSPS) is 16.8. The third-order valence-corrected chi connectivity index (χ3v) is 3.55. The van der Waals surface area contributed by atoms with Crippen LogP contribution in [-0.2, 0) is 0 Å². The molecule has 0 aromatic heterocycles. The summed E-state index contributed by atoms with van der Waals surface area (Å²) in [6, 6.07) is 2.42. The van der Waals surface area contributed by atoms with E-state index >= 15 is 0 Å². The summed E-state index contributed by atoms with van der Waals surface area (Å²) < 4.78 is 13.5. The van der Waals surface area contributed by atoms with Crippen molar-refractivity contribution < 1.29 is 4.39 Å². The fraction of sp³-hybridized carbons (Fsp3) is 0.455. The van der Waals surface area contributed by atoms with Gasteiger partial charge in [0.2, 0.25) is 0 Å². The molecule has 1 nitrogen and oxygen atoms in total. The van der Waals surface area contributed by atoms with Crippen LogP contribution in [0.25, 0.3) is 0 Å². The van der Waals surface area contributed by atoms with Gasteiger partial charge in [0.15, 0.2) is 0 Å². The standard InChI is InChI=1S/C11H12Cl2FN.ClH/c12-7-3-4-8(14)10(11(7)13)9(15)5-6-1-2-6;/h3-4,6,9H,1-2,5,15H2;1H/t9-;/m1./s1. The molecule has 1 atom stereocenters. The van der Waals surface area contributed by atoms with Gasteiger partial charge in [-0.15, -0.1) is 12.4 Å². The monoisotopic (exact) mass is 283 g/mol. The van der Waals surface area contributed by atoms with Crippen molar-refractivity contribution in [1.29, 1.82) is 0 Å². The van der Waals surface area contributed by atoms with Gasteiger partial charge >= 0.3 is 0 Å². The van der Waals surface area contributed by atoms with Crippen LogP contribution in [0.5, 0.6) is 0 Å². The highest BCUT2D eigenvalue weighted by atomic mass is 35.5. The van der Waals surface area contributed by atoms with Crippen molar-refractivity contribution in [3.63, 3.8) is 0 Å². The van der Waals surface area contributed by atoms with Gasteiger partial charge in [-0.25, -0.2) is 4.39 Å². The van der Waals surface area contributed by atoms with Crippen LogP contribution >= 0.6 is 35.6 Å². The summed E-state index contributed by atoms with van der Waals surface area (Å²) in [5.74, 6) is 0.270. The lowest BCUT2D eigenvalue weighted by Crippen LogP contribution is -2.13. The molecule has 0 saturated heterocycles. The molecule has 0 bridgehead atoms. The number of nitrogens with two attached hydrogens (primary N) is 1. The van der Waals surface area contributed by atoms with E-state index in [2.05, 4.69) is 0 Å². The van der Waals surface area contributed by atoms with E-state index in [9.17, 15) is 4.39 Å². The van der Waals surface area contributed by atoms with E-state index in [-0.39, 0.29) is 29.3 Å². The largest absolute Gasteiger partial charge is 0.324 e. The Hall–Kier alpha value is -0.0200. The molecule has 0 spiro atoms. The topological polar surface area (TPSA) is 26.0 Å². The van der Waals surface area contributed by atoms with E-state index in [1.807, 2.05) is 0 Å². The fourth-order valence-electron chi connectivity index (χ4n) is 1.71.